The summed E-state index contributed by atoms with van der Waals surface area (Å²) in [4.78, 5) is 14.1. The highest BCUT2D eigenvalue weighted by molar-refractivity contribution is 5.95. The first kappa shape index (κ1) is 15.8. The topological polar surface area (TPSA) is 61.8 Å². The van der Waals surface area contributed by atoms with Gasteiger partial charge in [0.1, 0.15) is 6.61 Å². The molecule has 0 unspecified atom stereocenters. The maximum Gasteiger partial charge on any atom is 0.250 e. The zero-order chi connectivity index (χ0) is 15.1. The van der Waals surface area contributed by atoms with Gasteiger partial charge in [0.05, 0.1) is 11.4 Å². The van der Waals surface area contributed by atoms with Gasteiger partial charge in [-0.1, -0.05) is 12.1 Å². The summed E-state index contributed by atoms with van der Waals surface area (Å²) < 4.78 is 5.13. The molecule has 0 spiro atoms. The number of carbonyl (C=O) groups excluding carboxylic acids is 1. The lowest BCUT2D eigenvalue weighted by Gasteiger charge is -2.34. The second-order valence-corrected chi connectivity index (χ2v) is 5.32. The van der Waals surface area contributed by atoms with Crippen LogP contribution in [0.1, 0.15) is 19.8 Å². The largest absolute Gasteiger partial charge is 0.396 e. The van der Waals surface area contributed by atoms with Crippen molar-refractivity contribution in [2.45, 2.75) is 19.8 Å². The quantitative estimate of drug-likeness (QED) is 0.840. The third kappa shape index (κ3) is 4.44. The van der Waals surface area contributed by atoms with E-state index in [-0.39, 0.29) is 19.1 Å². The molecule has 1 aromatic carbocycles. The average molecular weight is 292 g/mol. The van der Waals surface area contributed by atoms with E-state index in [4.69, 9.17) is 4.74 Å². The van der Waals surface area contributed by atoms with E-state index in [1.165, 1.54) is 0 Å². The van der Waals surface area contributed by atoms with Gasteiger partial charge in [-0.05, 0) is 37.8 Å². The van der Waals surface area contributed by atoms with Gasteiger partial charge in [0.15, 0.2) is 0 Å². The zero-order valence-corrected chi connectivity index (χ0v) is 12.5. The number of hydrogen-bond donors (Lipinski definition) is 2. The highest BCUT2D eigenvalue weighted by Crippen LogP contribution is 2.29. The molecule has 116 valence electrons. The summed E-state index contributed by atoms with van der Waals surface area (Å²) in [6.45, 7) is 4.56. The molecule has 0 aliphatic carbocycles. The van der Waals surface area contributed by atoms with Crippen molar-refractivity contribution >= 4 is 17.3 Å². The Hall–Kier alpha value is -1.59. The molecule has 0 aromatic heterocycles. The van der Waals surface area contributed by atoms with E-state index in [0.29, 0.717) is 12.5 Å². The van der Waals surface area contributed by atoms with Gasteiger partial charge in [-0.25, -0.2) is 0 Å². The first-order chi connectivity index (χ1) is 10.2. The van der Waals surface area contributed by atoms with Gasteiger partial charge >= 0.3 is 0 Å². The van der Waals surface area contributed by atoms with Gasteiger partial charge in [0.2, 0.25) is 5.91 Å². The van der Waals surface area contributed by atoms with Gasteiger partial charge in [0, 0.05) is 26.3 Å². The van der Waals surface area contributed by atoms with Crippen LogP contribution in [0.25, 0.3) is 0 Å². The Morgan fingerprint density at radius 2 is 2.10 bits per heavy atom. The number of aliphatic hydroxyl groups is 1. The van der Waals surface area contributed by atoms with E-state index in [2.05, 4.69) is 10.2 Å². The molecule has 21 heavy (non-hydrogen) atoms. The third-order valence-electron chi connectivity index (χ3n) is 3.83. The molecule has 5 nitrogen and oxygen atoms in total. The van der Waals surface area contributed by atoms with E-state index in [9.17, 15) is 9.90 Å². The highest BCUT2D eigenvalue weighted by atomic mass is 16.5. The first-order valence-electron chi connectivity index (χ1n) is 7.57. The summed E-state index contributed by atoms with van der Waals surface area (Å²) in [5, 5.41) is 12.1. The lowest BCUT2D eigenvalue weighted by molar-refractivity contribution is -0.120. The molecule has 1 heterocycles. The number of nitrogens with one attached hydrogen (secondary N) is 1. The number of anilines is 2. The SMILES string of the molecule is CCOCC(=O)Nc1ccccc1N1CCC(CO)CC1. The fourth-order valence-electron chi connectivity index (χ4n) is 2.59. The van der Waals surface area contributed by atoms with Gasteiger partial charge < -0.3 is 20.1 Å². The summed E-state index contributed by atoms with van der Waals surface area (Å²) >= 11 is 0. The molecule has 2 N–H and O–H groups in total. The maximum atomic E-state index is 11.8. The van der Waals surface area contributed by atoms with E-state index in [1.54, 1.807) is 0 Å². The normalized spacial score (nSPS) is 16.0. The maximum absolute atomic E-state index is 11.8. The first-order valence-corrected chi connectivity index (χ1v) is 7.57. The number of aliphatic hydroxyl groups excluding tert-OH is 1. The molecule has 2 rings (SSSR count). The number of rotatable bonds is 6. The Bertz CT molecular complexity index is 457. The van der Waals surface area contributed by atoms with Crippen molar-refractivity contribution in [3.05, 3.63) is 24.3 Å². The standard InChI is InChI=1S/C16H24N2O3/c1-2-21-12-16(20)17-14-5-3-4-6-15(14)18-9-7-13(11-19)8-10-18/h3-6,13,19H,2,7-12H2,1H3,(H,17,20). The fraction of sp³-hybridized carbons (Fsp3) is 0.562. The van der Waals surface area contributed by atoms with Crippen LogP contribution in [0, 0.1) is 5.92 Å². The van der Waals surface area contributed by atoms with Crippen molar-refractivity contribution < 1.29 is 14.6 Å². The molecule has 1 saturated heterocycles. The monoisotopic (exact) mass is 292 g/mol. The van der Waals surface area contributed by atoms with Crippen molar-refractivity contribution in [2.24, 2.45) is 5.92 Å². The highest BCUT2D eigenvalue weighted by Gasteiger charge is 2.20. The summed E-state index contributed by atoms with van der Waals surface area (Å²) in [5.74, 6) is 0.274. The van der Waals surface area contributed by atoms with Gasteiger partial charge in [-0.2, -0.15) is 0 Å². The summed E-state index contributed by atoms with van der Waals surface area (Å²) in [6, 6.07) is 7.83. The lowest BCUT2D eigenvalue weighted by atomic mass is 9.97. The average Bonchev–Trinajstić information content (AvgIpc) is 2.53. The third-order valence-corrected chi connectivity index (χ3v) is 3.83. The Labute approximate surface area is 125 Å². The smallest absolute Gasteiger partial charge is 0.250 e. The molecule has 1 aliphatic rings. The van der Waals surface area contributed by atoms with Crippen molar-refractivity contribution in [1.29, 1.82) is 0 Å². The van der Waals surface area contributed by atoms with Crippen molar-refractivity contribution in [1.82, 2.24) is 0 Å². The minimum Gasteiger partial charge on any atom is -0.396 e. The van der Waals surface area contributed by atoms with Crippen LogP contribution in [-0.4, -0.2) is 43.9 Å². The number of nitrogens with zero attached hydrogens (tertiary/aromatic N) is 1. The van der Waals surface area contributed by atoms with Crippen molar-refractivity contribution in [3.63, 3.8) is 0 Å². The Morgan fingerprint density at radius 3 is 2.76 bits per heavy atom. The van der Waals surface area contributed by atoms with E-state index < -0.39 is 0 Å². The Balaban J connectivity index is 2.01. The number of piperidine rings is 1. The van der Waals surface area contributed by atoms with Crippen LogP contribution in [0.2, 0.25) is 0 Å². The van der Waals surface area contributed by atoms with Crippen molar-refractivity contribution in [3.8, 4) is 0 Å². The minimum absolute atomic E-state index is 0.0808. The molecule has 1 aliphatic heterocycles. The second kappa shape index (κ2) is 8.00. The molecular weight excluding hydrogens is 268 g/mol. The van der Waals surface area contributed by atoms with Crippen LogP contribution < -0.4 is 10.2 Å². The molecule has 0 bridgehead atoms. The molecule has 1 amide bonds. The molecule has 0 atom stereocenters. The molecule has 1 fully saturated rings. The number of hydrogen-bond acceptors (Lipinski definition) is 4. The van der Waals surface area contributed by atoms with Crippen LogP contribution in [-0.2, 0) is 9.53 Å². The molecule has 0 radical (unpaired) electrons. The summed E-state index contributed by atoms with van der Waals surface area (Å²) in [6.07, 6.45) is 1.97. The van der Waals surface area contributed by atoms with E-state index in [0.717, 1.165) is 37.3 Å². The van der Waals surface area contributed by atoms with Crippen LogP contribution in [0.4, 0.5) is 11.4 Å². The van der Waals surface area contributed by atoms with E-state index in [1.807, 2.05) is 31.2 Å². The summed E-state index contributed by atoms with van der Waals surface area (Å²) in [7, 11) is 0. The second-order valence-electron chi connectivity index (χ2n) is 5.32. The number of benzene rings is 1. The lowest BCUT2D eigenvalue weighted by Crippen LogP contribution is -2.35. The minimum atomic E-state index is -0.130. The van der Waals surface area contributed by atoms with Crippen LogP contribution in [0.5, 0.6) is 0 Å². The Kier molecular flexibility index (Phi) is 6.02. The van der Waals surface area contributed by atoms with Crippen LogP contribution in [0.3, 0.4) is 0 Å². The van der Waals surface area contributed by atoms with E-state index >= 15 is 0 Å². The fourth-order valence-corrected chi connectivity index (χ4v) is 2.59. The number of ether oxygens (including phenoxy) is 1. The van der Waals surface area contributed by atoms with Gasteiger partial charge in [-0.3, -0.25) is 4.79 Å². The number of amides is 1. The molecular formula is C16H24N2O3. The molecule has 5 heteroatoms. The predicted octanol–water partition coefficient (Wildman–Crippen LogP) is 1.87. The number of para-hydroxylation sites is 2. The van der Waals surface area contributed by atoms with Crippen LogP contribution >= 0.6 is 0 Å². The van der Waals surface area contributed by atoms with Crippen molar-refractivity contribution in [2.75, 3.05) is 43.1 Å². The zero-order valence-electron chi connectivity index (χ0n) is 12.5. The molecule has 1 aromatic rings. The van der Waals surface area contributed by atoms with Crippen LogP contribution in [0.15, 0.2) is 24.3 Å². The van der Waals surface area contributed by atoms with Gasteiger partial charge in [0.25, 0.3) is 0 Å². The predicted molar refractivity (Wildman–Crippen MR) is 83.6 cm³/mol. The Morgan fingerprint density at radius 1 is 1.38 bits per heavy atom. The number of carbonyl (C=O) groups is 1. The van der Waals surface area contributed by atoms with Gasteiger partial charge in [-0.15, -0.1) is 0 Å². The summed E-state index contributed by atoms with van der Waals surface area (Å²) in [5.41, 5.74) is 1.86. The molecule has 0 saturated carbocycles.